The predicted molar refractivity (Wildman–Crippen MR) is 129 cm³/mol. The first-order valence-electron chi connectivity index (χ1n) is 12.4. The van der Waals surface area contributed by atoms with Crippen LogP contribution in [0.1, 0.15) is 61.4 Å². The Labute approximate surface area is 196 Å². The monoisotopic (exact) mass is 446 g/mol. The third-order valence-corrected chi connectivity index (χ3v) is 7.65. The molecule has 6 nitrogen and oxygen atoms in total. The van der Waals surface area contributed by atoms with Gasteiger partial charge in [-0.25, -0.2) is 4.98 Å². The highest BCUT2D eigenvalue weighted by molar-refractivity contribution is 6.02. The topological polar surface area (TPSA) is 56.8 Å². The van der Waals surface area contributed by atoms with Gasteiger partial charge in [0.1, 0.15) is 5.82 Å². The molecule has 33 heavy (non-hydrogen) atoms. The summed E-state index contributed by atoms with van der Waals surface area (Å²) in [6.07, 6.45) is 5.77. The number of anilines is 1. The van der Waals surface area contributed by atoms with Crippen LogP contribution in [0.3, 0.4) is 0 Å². The third kappa shape index (κ3) is 3.79. The average molecular weight is 447 g/mol. The fourth-order valence-electron chi connectivity index (χ4n) is 6.15. The Morgan fingerprint density at radius 1 is 1.03 bits per heavy atom. The Hall–Kier alpha value is -2.89. The van der Waals surface area contributed by atoms with Gasteiger partial charge in [0.05, 0.1) is 11.5 Å². The average Bonchev–Trinajstić information content (AvgIpc) is 3.32. The maximum Gasteiger partial charge on any atom is 0.254 e. The molecule has 0 radical (unpaired) electrons. The lowest BCUT2D eigenvalue weighted by Crippen LogP contribution is -2.62. The molecule has 1 saturated heterocycles. The molecule has 2 aromatic rings. The van der Waals surface area contributed by atoms with Crippen molar-refractivity contribution in [3.63, 3.8) is 0 Å². The van der Waals surface area contributed by atoms with E-state index in [1.54, 1.807) is 0 Å². The number of aromatic nitrogens is 1. The van der Waals surface area contributed by atoms with Crippen molar-refractivity contribution in [3.05, 3.63) is 59.8 Å². The van der Waals surface area contributed by atoms with E-state index >= 15 is 0 Å². The lowest BCUT2D eigenvalue weighted by Gasteiger charge is -2.52. The van der Waals surface area contributed by atoms with Gasteiger partial charge in [-0.05, 0) is 42.5 Å². The predicted octanol–water partition coefficient (Wildman–Crippen LogP) is 3.94. The number of piperazine rings is 1. The van der Waals surface area contributed by atoms with Gasteiger partial charge in [0.15, 0.2) is 0 Å². The maximum atomic E-state index is 14.2. The van der Waals surface area contributed by atoms with Gasteiger partial charge in [-0.2, -0.15) is 0 Å². The van der Waals surface area contributed by atoms with Crippen molar-refractivity contribution in [2.75, 3.05) is 37.6 Å². The minimum atomic E-state index is -0.398. The Kier molecular flexibility index (Phi) is 5.85. The van der Waals surface area contributed by atoms with Crippen LogP contribution in [0.15, 0.2) is 48.7 Å². The smallest absolute Gasteiger partial charge is 0.254 e. The summed E-state index contributed by atoms with van der Waals surface area (Å²) in [5.41, 5.74) is 1.24. The fourth-order valence-corrected chi connectivity index (χ4v) is 6.15. The maximum absolute atomic E-state index is 14.2. The first-order chi connectivity index (χ1) is 16.0. The van der Waals surface area contributed by atoms with Crippen LogP contribution in [0.2, 0.25) is 0 Å². The zero-order valence-corrected chi connectivity index (χ0v) is 19.7. The number of fused-ring (bicyclic) bond motifs is 1. The highest BCUT2D eigenvalue weighted by atomic mass is 16.2. The van der Waals surface area contributed by atoms with Crippen LogP contribution in [0, 0.1) is 5.92 Å². The summed E-state index contributed by atoms with van der Waals surface area (Å²) in [7, 11) is 0. The minimum absolute atomic E-state index is 0.102. The lowest BCUT2D eigenvalue weighted by molar-refractivity contribution is -0.137. The zero-order valence-electron chi connectivity index (χ0n) is 19.7. The Bertz CT molecular complexity index is 1010. The molecule has 0 N–H and O–H groups in total. The molecule has 3 aliphatic rings. The van der Waals surface area contributed by atoms with E-state index in [1.165, 1.54) is 0 Å². The zero-order chi connectivity index (χ0) is 23.0. The van der Waals surface area contributed by atoms with E-state index in [-0.39, 0.29) is 17.7 Å². The molecule has 1 aliphatic carbocycles. The van der Waals surface area contributed by atoms with Gasteiger partial charge in [-0.1, -0.05) is 51.0 Å². The summed E-state index contributed by atoms with van der Waals surface area (Å²) in [4.78, 5) is 38.7. The second-order valence-corrected chi connectivity index (χ2v) is 10.1. The number of hydrogen-bond acceptors (Lipinski definition) is 4. The molecule has 0 unspecified atom stereocenters. The van der Waals surface area contributed by atoms with Crippen LogP contribution >= 0.6 is 0 Å². The van der Waals surface area contributed by atoms with E-state index in [9.17, 15) is 9.59 Å². The molecule has 1 aromatic heterocycles. The summed E-state index contributed by atoms with van der Waals surface area (Å²) in [5.74, 6) is 1.33. The molecule has 1 spiro atoms. The van der Waals surface area contributed by atoms with Crippen molar-refractivity contribution in [2.24, 2.45) is 5.92 Å². The summed E-state index contributed by atoms with van der Waals surface area (Å²) < 4.78 is 0. The standard InChI is InChI=1S/C27H34N4O2/c1-20(2)19-31-25(32)22-10-4-3-9-21(22)24(27(31)12-6-7-13-27)26(33)30-17-15-29(16-18-30)23-11-5-8-14-28-23/h3-5,8-11,14,20,24H,6-7,12-13,15-19H2,1-2H3/t24-/m1/s1. The van der Waals surface area contributed by atoms with Crippen molar-refractivity contribution in [3.8, 4) is 0 Å². The molecule has 2 aliphatic heterocycles. The molecular weight excluding hydrogens is 412 g/mol. The van der Waals surface area contributed by atoms with Crippen molar-refractivity contribution in [2.45, 2.75) is 51.0 Å². The van der Waals surface area contributed by atoms with E-state index in [2.05, 4.69) is 28.6 Å². The van der Waals surface area contributed by atoms with Crippen molar-refractivity contribution in [1.82, 2.24) is 14.8 Å². The van der Waals surface area contributed by atoms with Crippen LogP contribution in [-0.2, 0) is 4.79 Å². The molecular formula is C27H34N4O2. The van der Waals surface area contributed by atoms with E-state index in [0.29, 0.717) is 31.1 Å². The molecule has 3 heterocycles. The molecule has 1 aromatic carbocycles. The quantitative estimate of drug-likeness (QED) is 0.714. The first kappa shape index (κ1) is 21.9. The molecule has 0 bridgehead atoms. The number of benzene rings is 1. The number of nitrogens with zero attached hydrogens (tertiary/aromatic N) is 4. The molecule has 6 heteroatoms. The SMILES string of the molecule is CC(C)CN1C(=O)c2ccccc2[C@H](C(=O)N2CCN(c3ccccn3)CC2)C12CCCC2. The Morgan fingerprint density at radius 3 is 2.39 bits per heavy atom. The van der Waals surface area contributed by atoms with Gasteiger partial charge in [-0.15, -0.1) is 0 Å². The summed E-state index contributed by atoms with van der Waals surface area (Å²) in [6.45, 7) is 7.93. The Morgan fingerprint density at radius 2 is 1.73 bits per heavy atom. The number of pyridine rings is 1. The number of carbonyl (C=O) groups excluding carboxylic acids is 2. The minimum Gasteiger partial charge on any atom is -0.353 e. The van der Waals surface area contributed by atoms with Gasteiger partial charge >= 0.3 is 0 Å². The second-order valence-electron chi connectivity index (χ2n) is 10.1. The van der Waals surface area contributed by atoms with Crippen molar-refractivity contribution >= 4 is 17.6 Å². The van der Waals surface area contributed by atoms with Crippen molar-refractivity contribution < 1.29 is 9.59 Å². The number of carbonyl (C=O) groups is 2. The molecule has 174 valence electrons. The van der Waals surface area contributed by atoms with Gasteiger partial charge in [-0.3, -0.25) is 9.59 Å². The van der Waals surface area contributed by atoms with Crippen LogP contribution in [0.25, 0.3) is 0 Å². The fraction of sp³-hybridized carbons (Fsp3) is 0.519. The second kappa shape index (κ2) is 8.81. The van der Waals surface area contributed by atoms with E-state index in [4.69, 9.17) is 0 Å². The summed E-state index contributed by atoms with van der Waals surface area (Å²) >= 11 is 0. The summed E-state index contributed by atoms with van der Waals surface area (Å²) in [6, 6.07) is 13.8. The third-order valence-electron chi connectivity index (χ3n) is 7.65. The molecule has 2 fully saturated rings. The first-order valence-corrected chi connectivity index (χ1v) is 12.4. The normalized spacial score (nSPS) is 22.2. The highest BCUT2D eigenvalue weighted by Crippen LogP contribution is 2.51. The van der Waals surface area contributed by atoms with Gasteiger partial charge in [0.25, 0.3) is 5.91 Å². The number of rotatable bonds is 4. The van der Waals surface area contributed by atoms with Gasteiger partial charge in [0.2, 0.25) is 5.91 Å². The van der Waals surface area contributed by atoms with Crippen molar-refractivity contribution in [1.29, 1.82) is 0 Å². The van der Waals surface area contributed by atoms with Crippen LogP contribution in [-0.4, -0.2) is 64.9 Å². The lowest BCUT2D eigenvalue weighted by atomic mass is 9.70. The largest absolute Gasteiger partial charge is 0.353 e. The van der Waals surface area contributed by atoms with Crippen LogP contribution < -0.4 is 4.90 Å². The highest BCUT2D eigenvalue weighted by Gasteiger charge is 2.56. The molecule has 1 atom stereocenters. The van der Waals surface area contributed by atoms with Crippen LogP contribution in [0.5, 0.6) is 0 Å². The molecule has 2 amide bonds. The number of hydrogen-bond donors (Lipinski definition) is 0. The summed E-state index contributed by atoms with van der Waals surface area (Å²) in [5, 5.41) is 0. The van der Waals surface area contributed by atoms with Gasteiger partial charge < -0.3 is 14.7 Å². The van der Waals surface area contributed by atoms with E-state index < -0.39 is 5.54 Å². The van der Waals surface area contributed by atoms with E-state index in [1.807, 2.05) is 53.6 Å². The Balaban J connectivity index is 1.47. The van der Waals surface area contributed by atoms with Gasteiger partial charge in [0, 0.05) is 44.5 Å². The van der Waals surface area contributed by atoms with E-state index in [0.717, 1.165) is 50.2 Å². The number of amides is 2. The molecule has 1 saturated carbocycles. The molecule has 5 rings (SSSR count). The van der Waals surface area contributed by atoms with Crippen LogP contribution in [0.4, 0.5) is 5.82 Å².